The lowest BCUT2D eigenvalue weighted by Gasteiger charge is -2.07. The van der Waals surface area contributed by atoms with Crippen LogP contribution in [0.1, 0.15) is 6.92 Å². The van der Waals surface area contributed by atoms with E-state index >= 15 is 0 Å². The fourth-order valence-corrected chi connectivity index (χ4v) is 1.69. The summed E-state index contributed by atoms with van der Waals surface area (Å²) in [5.74, 6) is 0.123. The summed E-state index contributed by atoms with van der Waals surface area (Å²) in [4.78, 5) is 0. The third-order valence-corrected chi connectivity index (χ3v) is 3.33. The van der Waals surface area contributed by atoms with Crippen molar-refractivity contribution in [1.82, 2.24) is 4.72 Å². The van der Waals surface area contributed by atoms with Gasteiger partial charge in [0, 0.05) is 18.8 Å². The predicted octanol–water partition coefficient (Wildman–Crippen LogP) is 1.04. The van der Waals surface area contributed by atoms with Gasteiger partial charge < -0.3 is 5.32 Å². The molecule has 0 heterocycles. The van der Waals surface area contributed by atoms with E-state index < -0.39 is 10.0 Å². The Balaban J connectivity index is 2.24. The Labute approximate surface area is 90.8 Å². The van der Waals surface area contributed by atoms with Gasteiger partial charge in [0.05, 0.1) is 5.75 Å². The van der Waals surface area contributed by atoms with Gasteiger partial charge in [-0.3, -0.25) is 0 Å². The molecule has 0 spiro atoms. The van der Waals surface area contributed by atoms with Crippen molar-refractivity contribution in [3.05, 3.63) is 30.3 Å². The zero-order chi connectivity index (χ0) is 11.1. The first-order chi connectivity index (χ1) is 7.14. The fourth-order valence-electron chi connectivity index (χ4n) is 1.07. The van der Waals surface area contributed by atoms with Crippen LogP contribution in [0, 0.1) is 0 Å². The van der Waals surface area contributed by atoms with Gasteiger partial charge in [-0.2, -0.15) is 0 Å². The minimum Gasteiger partial charge on any atom is -0.384 e. The van der Waals surface area contributed by atoms with Crippen molar-refractivity contribution >= 4 is 15.7 Å². The molecule has 0 unspecified atom stereocenters. The van der Waals surface area contributed by atoms with Crippen LogP contribution in [0.2, 0.25) is 0 Å². The molecule has 0 aromatic heterocycles. The molecule has 0 fully saturated rings. The van der Waals surface area contributed by atoms with E-state index in [1.165, 1.54) is 0 Å². The number of rotatable bonds is 6. The van der Waals surface area contributed by atoms with Crippen molar-refractivity contribution < 1.29 is 8.42 Å². The largest absolute Gasteiger partial charge is 0.384 e. The molecule has 1 aromatic rings. The van der Waals surface area contributed by atoms with Crippen molar-refractivity contribution in [2.24, 2.45) is 0 Å². The zero-order valence-corrected chi connectivity index (χ0v) is 9.55. The van der Waals surface area contributed by atoms with Crippen LogP contribution in [0.4, 0.5) is 5.69 Å². The molecule has 5 heteroatoms. The highest BCUT2D eigenvalue weighted by molar-refractivity contribution is 7.89. The molecule has 0 atom stereocenters. The second-order valence-electron chi connectivity index (χ2n) is 3.09. The molecular formula is C10H16N2O2S. The third kappa shape index (κ3) is 4.80. The smallest absolute Gasteiger partial charge is 0.211 e. The second kappa shape index (κ2) is 5.72. The van der Waals surface area contributed by atoms with Gasteiger partial charge >= 0.3 is 0 Å². The van der Waals surface area contributed by atoms with Crippen molar-refractivity contribution in [2.75, 3.05) is 24.2 Å². The van der Waals surface area contributed by atoms with Crippen LogP contribution in [0.5, 0.6) is 0 Å². The lowest BCUT2D eigenvalue weighted by atomic mass is 10.3. The van der Waals surface area contributed by atoms with Crippen LogP contribution in [0.15, 0.2) is 30.3 Å². The molecule has 0 bridgehead atoms. The number of para-hydroxylation sites is 1. The summed E-state index contributed by atoms with van der Waals surface area (Å²) < 4.78 is 24.6. The van der Waals surface area contributed by atoms with Crippen LogP contribution in [-0.4, -0.2) is 27.3 Å². The first-order valence-electron chi connectivity index (χ1n) is 4.90. The number of anilines is 1. The number of benzene rings is 1. The van der Waals surface area contributed by atoms with Gasteiger partial charge in [-0.1, -0.05) is 18.2 Å². The molecular weight excluding hydrogens is 212 g/mol. The topological polar surface area (TPSA) is 58.2 Å². The Bertz CT molecular complexity index is 376. The Hall–Kier alpha value is -1.07. The lowest BCUT2D eigenvalue weighted by molar-refractivity contribution is 0.584. The monoisotopic (exact) mass is 228 g/mol. The average molecular weight is 228 g/mol. The van der Waals surface area contributed by atoms with E-state index in [2.05, 4.69) is 10.0 Å². The molecule has 0 saturated heterocycles. The first kappa shape index (κ1) is 12.0. The minimum atomic E-state index is -3.06. The molecule has 1 rings (SSSR count). The van der Waals surface area contributed by atoms with E-state index in [0.29, 0.717) is 13.1 Å². The Morgan fingerprint density at radius 3 is 2.40 bits per heavy atom. The average Bonchev–Trinajstić information content (AvgIpc) is 2.26. The highest BCUT2D eigenvalue weighted by Gasteiger charge is 2.03. The summed E-state index contributed by atoms with van der Waals surface area (Å²) in [6, 6.07) is 9.67. The van der Waals surface area contributed by atoms with Crippen molar-refractivity contribution in [3.63, 3.8) is 0 Å². The van der Waals surface area contributed by atoms with Crippen LogP contribution in [-0.2, 0) is 10.0 Å². The summed E-state index contributed by atoms with van der Waals surface area (Å²) in [6.45, 7) is 2.61. The number of nitrogens with one attached hydrogen (secondary N) is 2. The molecule has 0 amide bonds. The molecule has 0 aliphatic heterocycles. The highest BCUT2D eigenvalue weighted by Crippen LogP contribution is 2.03. The minimum absolute atomic E-state index is 0.123. The van der Waals surface area contributed by atoms with Crippen molar-refractivity contribution in [3.8, 4) is 0 Å². The Morgan fingerprint density at radius 2 is 1.80 bits per heavy atom. The molecule has 0 radical (unpaired) electrons. The molecule has 2 N–H and O–H groups in total. The van der Waals surface area contributed by atoms with Crippen LogP contribution in [0.3, 0.4) is 0 Å². The van der Waals surface area contributed by atoms with Gasteiger partial charge in [-0.05, 0) is 19.1 Å². The maximum atomic E-state index is 11.1. The Kier molecular flexibility index (Phi) is 4.58. The second-order valence-corrected chi connectivity index (χ2v) is 5.19. The summed E-state index contributed by atoms with van der Waals surface area (Å²) in [5, 5.41) is 3.11. The standard InChI is InChI=1S/C10H16N2O2S/c1-2-15(13,14)12-9-8-11-10-6-4-3-5-7-10/h3-7,11-12H,2,8-9H2,1H3. The summed E-state index contributed by atoms with van der Waals surface area (Å²) in [7, 11) is -3.06. The van der Waals surface area contributed by atoms with Crippen LogP contribution < -0.4 is 10.0 Å². The molecule has 15 heavy (non-hydrogen) atoms. The maximum Gasteiger partial charge on any atom is 0.211 e. The van der Waals surface area contributed by atoms with E-state index in [-0.39, 0.29) is 5.75 Å². The lowest BCUT2D eigenvalue weighted by Crippen LogP contribution is -2.30. The first-order valence-corrected chi connectivity index (χ1v) is 6.55. The van der Waals surface area contributed by atoms with E-state index in [0.717, 1.165) is 5.69 Å². The van der Waals surface area contributed by atoms with Crippen LogP contribution >= 0.6 is 0 Å². The van der Waals surface area contributed by atoms with Crippen LogP contribution in [0.25, 0.3) is 0 Å². The number of hydrogen-bond acceptors (Lipinski definition) is 3. The van der Waals surface area contributed by atoms with Gasteiger partial charge in [0.1, 0.15) is 0 Å². The SMILES string of the molecule is CCS(=O)(=O)NCCNc1ccccc1. The number of hydrogen-bond donors (Lipinski definition) is 2. The molecule has 1 aromatic carbocycles. The molecule has 4 nitrogen and oxygen atoms in total. The number of sulfonamides is 1. The van der Waals surface area contributed by atoms with Crippen molar-refractivity contribution in [2.45, 2.75) is 6.92 Å². The molecule has 0 aliphatic carbocycles. The summed E-state index contributed by atoms with van der Waals surface area (Å²) in [6.07, 6.45) is 0. The zero-order valence-electron chi connectivity index (χ0n) is 8.73. The van der Waals surface area contributed by atoms with Gasteiger partial charge in [0.15, 0.2) is 0 Å². The van der Waals surface area contributed by atoms with Gasteiger partial charge in [0.25, 0.3) is 0 Å². The summed E-state index contributed by atoms with van der Waals surface area (Å²) >= 11 is 0. The van der Waals surface area contributed by atoms with Gasteiger partial charge in [-0.15, -0.1) is 0 Å². The molecule has 84 valence electrons. The highest BCUT2D eigenvalue weighted by atomic mass is 32.2. The fraction of sp³-hybridized carbons (Fsp3) is 0.400. The van der Waals surface area contributed by atoms with Crippen molar-refractivity contribution in [1.29, 1.82) is 0 Å². The van der Waals surface area contributed by atoms with E-state index in [1.54, 1.807) is 6.92 Å². The predicted molar refractivity (Wildman–Crippen MR) is 62.4 cm³/mol. The van der Waals surface area contributed by atoms with E-state index in [1.807, 2.05) is 30.3 Å². The molecule has 0 aliphatic rings. The maximum absolute atomic E-state index is 11.1. The summed E-state index contributed by atoms with van der Waals surface area (Å²) in [5.41, 5.74) is 0.994. The van der Waals surface area contributed by atoms with E-state index in [9.17, 15) is 8.42 Å². The normalized spacial score (nSPS) is 11.3. The quantitative estimate of drug-likeness (QED) is 0.715. The van der Waals surface area contributed by atoms with E-state index in [4.69, 9.17) is 0 Å². The molecule has 0 saturated carbocycles. The van der Waals surface area contributed by atoms with Gasteiger partial charge in [-0.25, -0.2) is 13.1 Å². The Morgan fingerprint density at radius 1 is 1.13 bits per heavy atom. The van der Waals surface area contributed by atoms with Gasteiger partial charge in [0.2, 0.25) is 10.0 Å². The third-order valence-electron chi connectivity index (χ3n) is 1.93.